The first-order valence-electron chi connectivity index (χ1n) is 22.2. The topological polar surface area (TPSA) is 29.5 Å². The van der Waals surface area contributed by atoms with Gasteiger partial charge < -0.3 is 13.7 Å². The molecule has 0 aliphatic carbocycles. The van der Waals surface area contributed by atoms with E-state index in [1.165, 1.54) is 22.1 Å². The standard InChI is InChI=1S/C62H39NO2/c1-2-13-40(14-3-1)45-17-10-18-46(39-45)41-27-33-47(34-28-41)63(48-35-29-44(30-36-48)49-22-11-25-57-59(49)54-37-31-42-15-4-6-19-50(42)61(54)64-57)56-24-9-8-21-52(56)53-23-12-26-58-60(53)55-38-32-43-16-5-7-20-51(43)62(55)65-58/h1-39H. The van der Waals surface area contributed by atoms with Crippen molar-refractivity contribution in [2.75, 3.05) is 4.90 Å². The summed E-state index contributed by atoms with van der Waals surface area (Å²) in [6.07, 6.45) is 0. The molecule has 0 aliphatic rings. The van der Waals surface area contributed by atoms with Gasteiger partial charge in [-0.05, 0) is 110 Å². The quantitative estimate of drug-likeness (QED) is 0.160. The van der Waals surface area contributed by atoms with Gasteiger partial charge in [0.1, 0.15) is 22.3 Å². The molecule has 65 heavy (non-hydrogen) atoms. The van der Waals surface area contributed by atoms with Gasteiger partial charge in [0.15, 0.2) is 0 Å². The number of nitrogens with zero attached hydrogens (tertiary/aromatic N) is 1. The van der Waals surface area contributed by atoms with Crippen LogP contribution in [0, 0.1) is 0 Å². The minimum Gasteiger partial charge on any atom is -0.455 e. The third-order valence-electron chi connectivity index (χ3n) is 13.1. The number of hydrogen-bond donors (Lipinski definition) is 0. The highest BCUT2D eigenvalue weighted by Crippen LogP contribution is 2.47. The van der Waals surface area contributed by atoms with E-state index >= 15 is 0 Å². The number of fused-ring (bicyclic) bond motifs is 10. The van der Waals surface area contributed by atoms with Crippen molar-refractivity contribution in [3.63, 3.8) is 0 Å². The zero-order valence-corrected chi connectivity index (χ0v) is 35.3. The summed E-state index contributed by atoms with van der Waals surface area (Å²) >= 11 is 0. The van der Waals surface area contributed by atoms with Crippen molar-refractivity contribution in [2.24, 2.45) is 0 Å². The van der Waals surface area contributed by atoms with Gasteiger partial charge in [0.25, 0.3) is 0 Å². The molecule has 0 N–H and O–H groups in total. The molecule has 0 radical (unpaired) electrons. The van der Waals surface area contributed by atoms with Gasteiger partial charge in [-0.1, -0.05) is 176 Å². The van der Waals surface area contributed by atoms with E-state index in [4.69, 9.17) is 8.83 Å². The first-order chi connectivity index (χ1) is 32.2. The second kappa shape index (κ2) is 15.0. The third kappa shape index (κ3) is 6.12. The predicted octanol–water partition coefficient (Wildman–Crippen LogP) is 17.9. The molecule has 0 spiro atoms. The molecule has 0 amide bonds. The van der Waals surface area contributed by atoms with Gasteiger partial charge in [-0.25, -0.2) is 0 Å². The van der Waals surface area contributed by atoms with Crippen LogP contribution in [0.2, 0.25) is 0 Å². The third-order valence-corrected chi connectivity index (χ3v) is 13.1. The summed E-state index contributed by atoms with van der Waals surface area (Å²) in [5.74, 6) is 0. The molecule has 0 saturated carbocycles. The predicted molar refractivity (Wildman–Crippen MR) is 272 cm³/mol. The summed E-state index contributed by atoms with van der Waals surface area (Å²) in [5.41, 5.74) is 16.0. The first kappa shape index (κ1) is 36.9. The van der Waals surface area contributed by atoms with Crippen LogP contribution in [0.4, 0.5) is 17.1 Å². The summed E-state index contributed by atoms with van der Waals surface area (Å²) in [4.78, 5) is 2.39. The fourth-order valence-corrected chi connectivity index (χ4v) is 10.00. The highest BCUT2D eigenvalue weighted by atomic mass is 16.3. The molecule has 0 bridgehead atoms. The van der Waals surface area contributed by atoms with Crippen molar-refractivity contribution in [1.82, 2.24) is 0 Å². The van der Waals surface area contributed by atoms with Gasteiger partial charge in [0, 0.05) is 49.3 Å². The number of benzene rings is 11. The molecule has 0 atom stereocenters. The molecular formula is C62H39NO2. The van der Waals surface area contributed by atoms with Gasteiger partial charge in [0.05, 0.1) is 5.69 Å². The van der Waals surface area contributed by atoms with Crippen molar-refractivity contribution >= 4 is 82.5 Å². The molecular weight excluding hydrogens is 791 g/mol. The van der Waals surface area contributed by atoms with Crippen molar-refractivity contribution in [2.45, 2.75) is 0 Å². The van der Waals surface area contributed by atoms with Crippen LogP contribution < -0.4 is 4.90 Å². The van der Waals surface area contributed by atoms with E-state index in [2.05, 4.69) is 241 Å². The Morgan fingerprint density at radius 3 is 1.37 bits per heavy atom. The van der Waals surface area contributed by atoms with Gasteiger partial charge >= 0.3 is 0 Å². The Hall–Kier alpha value is -8.66. The minimum atomic E-state index is 0.871. The fraction of sp³-hybridized carbons (Fsp3) is 0. The highest BCUT2D eigenvalue weighted by molar-refractivity contribution is 6.21. The molecule has 0 saturated heterocycles. The normalized spacial score (nSPS) is 11.7. The fourth-order valence-electron chi connectivity index (χ4n) is 10.00. The van der Waals surface area contributed by atoms with E-state index in [0.717, 1.165) is 105 Å². The van der Waals surface area contributed by atoms with Gasteiger partial charge in [-0.3, -0.25) is 0 Å². The Labute approximate surface area is 375 Å². The Morgan fingerprint density at radius 2 is 0.738 bits per heavy atom. The van der Waals surface area contributed by atoms with Crippen LogP contribution in [0.5, 0.6) is 0 Å². The van der Waals surface area contributed by atoms with E-state index in [1.807, 2.05) is 0 Å². The summed E-state index contributed by atoms with van der Waals surface area (Å²) in [7, 11) is 0. The van der Waals surface area contributed by atoms with Gasteiger partial charge in [-0.15, -0.1) is 0 Å². The van der Waals surface area contributed by atoms with E-state index < -0.39 is 0 Å². The summed E-state index contributed by atoms with van der Waals surface area (Å²) < 4.78 is 13.3. The second-order valence-electron chi connectivity index (χ2n) is 16.8. The lowest BCUT2D eigenvalue weighted by atomic mass is 9.95. The van der Waals surface area contributed by atoms with Crippen molar-refractivity contribution in [1.29, 1.82) is 0 Å². The lowest BCUT2D eigenvalue weighted by molar-refractivity contribution is 0.672. The minimum absolute atomic E-state index is 0.871. The van der Waals surface area contributed by atoms with Crippen LogP contribution in [0.15, 0.2) is 245 Å². The Kier molecular flexibility index (Phi) is 8.53. The summed E-state index contributed by atoms with van der Waals surface area (Å²) in [6.45, 7) is 0. The van der Waals surface area contributed by atoms with Crippen LogP contribution in [0.3, 0.4) is 0 Å². The van der Waals surface area contributed by atoms with E-state index in [9.17, 15) is 0 Å². The van der Waals surface area contributed by atoms with E-state index in [0.29, 0.717) is 0 Å². The average molecular weight is 830 g/mol. The van der Waals surface area contributed by atoms with Crippen LogP contribution in [-0.4, -0.2) is 0 Å². The van der Waals surface area contributed by atoms with E-state index in [1.54, 1.807) is 0 Å². The molecule has 11 aromatic carbocycles. The largest absolute Gasteiger partial charge is 0.455 e. The number of furan rings is 2. The number of rotatable bonds is 7. The van der Waals surface area contributed by atoms with Gasteiger partial charge in [0.2, 0.25) is 0 Å². The highest BCUT2D eigenvalue weighted by Gasteiger charge is 2.22. The number of para-hydroxylation sites is 1. The molecule has 3 heteroatoms. The zero-order valence-electron chi connectivity index (χ0n) is 35.3. The van der Waals surface area contributed by atoms with E-state index in [-0.39, 0.29) is 0 Å². The maximum atomic E-state index is 6.70. The maximum Gasteiger partial charge on any atom is 0.143 e. The average Bonchev–Trinajstić information content (AvgIpc) is 3.97. The molecule has 13 aromatic rings. The Bertz CT molecular complexity index is 3930. The molecule has 0 unspecified atom stereocenters. The summed E-state index contributed by atoms with van der Waals surface area (Å²) in [6, 6.07) is 84.6. The monoisotopic (exact) mass is 829 g/mol. The maximum absolute atomic E-state index is 6.70. The van der Waals surface area contributed by atoms with Crippen molar-refractivity contribution in [3.8, 4) is 44.5 Å². The second-order valence-corrected chi connectivity index (χ2v) is 16.8. The van der Waals surface area contributed by atoms with Crippen LogP contribution in [0.1, 0.15) is 0 Å². The molecule has 2 heterocycles. The zero-order chi connectivity index (χ0) is 42.8. The van der Waals surface area contributed by atoms with Crippen LogP contribution in [0.25, 0.3) is 110 Å². The number of hydrogen-bond acceptors (Lipinski definition) is 3. The molecule has 304 valence electrons. The van der Waals surface area contributed by atoms with Crippen molar-refractivity contribution in [3.05, 3.63) is 237 Å². The first-order valence-corrected chi connectivity index (χ1v) is 22.2. The molecule has 2 aromatic heterocycles. The van der Waals surface area contributed by atoms with Crippen LogP contribution in [-0.2, 0) is 0 Å². The molecule has 3 nitrogen and oxygen atoms in total. The Balaban J connectivity index is 0.968. The lowest BCUT2D eigenvalue weighted by Gasteiger charge is -2.28. The number of anilines is 3. The molecule has 0 fully saturated rings. The Morgan fingerprint density at radius 1 is 0.277 bits per heavy atom. The molecule has 13 rings (SSSR count). The van der Waals surface area contributed by atoms with Crippen molar-refractivity contribution < 1.29 is 8.83 Å². The summed E-state index contributed by atoms with van der Waals surface area (Å²) in [5, 5.41) is 9.04. The van der Waals surface area contributed by atoms with Crippen LogP contribution >= 0.6 is 0 Å². The lowest BCUT2D eigenvalue weighted by Crippen LogP contribution is -2.11. The SMILES string of the molecule is c1ccc(-c2cccc(-c3ccc(N(c4ccc(-c5cccc6oc7c8ccccc8ccc7c56)cc4)c4ccccc4-c4cccc5oc6c7ccccc7ccc6c45)cc3)c2)cc1. The van der Waals surface area contributed by atoms with Gasteiger partial charge in [-0.2, -0.15) is 0 Å². The molecule has 0 aliphatic heterocycles. The smallest absolute Gasteiger partial charge is 0.143 e.